The van der Waals surface area contributed by atoms with Gasteiger partial charge in [-0.05, 0) is 30.5 Å². The number of benzene rings is 1. The van der Waals surface area contributed by atoms with Crippen molar-refractivity contribution in [2.24, 2.45) is 11.7 Å². The summed E-state index contributed by atoms with van der Waals surface area (Å²) in [5.74, 6) is 0.612. The molecule has 0 spiro atoms. The predicted molar refractivity (Wildman–Crippen MR) is 93.0 cm³/mol. The molecule has 24 heavy (non-hydrogen) atoms. The van der Waals surface area contributed by atoms with Crippen molar-refractivity contribution in [3.63, 3.8) is 0 Å². The molecule has 7 heteroatoms. The normalized spacial score (nSPS) is 12.5. The van der Waals surface area contributed by atoms with Gasteiger partial charge in [-0.3, -0.25) is 4.79 Å². The first-order valence-electron chi connectivity index (χ1n) is 7.99. The second-order valence-corrected chi connectivity index (χ2v) is 7.49. The number of hydrogen-bond donors (Lipinski definition) is 1. The highest BCUT2D eigenvalue weighted by Crippen LogP contribution is 2.34. The highest BCUT2D eigenvalue weighted by Gasteiger charge is 2.17. The number of amides is 1. The summed E-state index contributed by atoms with van der Waals surface area (Å²) in [6, 6.07) is 6.49. The minimum Gasteiger partial charge on any atom is -0.370 e. The van der Waals surface area contributed by atoms with Gasteiger partial charge in [0.2, 0.25) is 5.91 Å². The minimum absolute atomic E-state index is 0.115. The van der Waals surface area contributed by atoms with Crippen molar-refractivity contribution in [1.82, 2.24) is 14.8 Å². The molecule has 0 bridgehead atoms. The van der Waals surface area contributed by atoms with E-state index in [1.165, 1.54) is 12.1 Å². The number of carbonyl (C=O) groups is 1. The number of halogens is 1. The molecule has 0 radical (unpaired) electrons. The van der Waals surface area contributed by atoms with Crippen LogP contribution in [0.5, 0.6) is 0 Å². The number of hydrogen-bond acceptors (Lipinski definition) is 4. The summed E-state index contributed by atoms with van der Waals surface area (Å²) >= 11 is 1.58. The quantitative estimate of drug-likeness (QED) is 0.741. The van der Waals surface area contributed by atoms with E-state index in [-0.39, 0.29) is 23.4 Å². The Labute approximate surface area is 145 Å². The second-order valence-electron chi connectivity index (χ2n) is 6.18. The minimum atomic E-state index is -0.344. The van der Waals surface area contributed by atoms with E-state index in [0.29, 0.717) is 12.3 Å². The van der Waals surface area contributed by atoms with Crippen molar-refractivity contribution in [2.75, 3.05) is 0 Å². The van der Waals surface area contributed by atoms with Gasteiger partial charge in [-0.1, -0.05) is 37.7 Å². The topological polar surface area (TPSA) is 73.8 Å². The fourth-order valence-corrected chi connectivity index (χ4v) is 3.34. The summed E-state index contributed by atoms with van der Waals surface area (Å²) in [6.07, 6.45) is 0.745. The van der Waals surface area contributed by atoms with Crippen LogP contribution in [0.1, 0.15) is 43.8 Å². The zero-order valence-electron chi connectivity index (χ0n) is 14.2. The van der Waals surface area contributed by atoms with Gasteiger partial charge in [-0.25, -0.2) is 4.39 Å². The molecule has 1 unspecified atom stereocenters. The fourth-order valence-electron chi connectivity index (χ4n) is 2.33. The molecule has 5 nitrogen and oxygen atoms in total. The third-order valence-electron chi connectivity index (χ3n) is 3.56. The Morgan fingerprint density at radius 3 is 2.50 bits per heavy atom. The number of thioether (sulfide) groups is 1. The van der Waals surface area contributed by atoms with Crippen LogP contribution in [-0.2, 0) is 17.8 Å². The molecule has 1 amide bonds. The summed E-state index contributed by atoms with van der Waals surface area (Å²) in [5.41, 5.74) is 6.26. The van der Waals surface area contributed by atoms with E-state index < -0.39 is 0 Å². The van der Waals surface area contributed by atoms with Gasteiger partial charge in [-0.15, -0.1) is 10.2 Å². The van der Waals surface area contributed by atoms with Gasteiger partial charge in [-0.2, -0.15) is 0 Å². The SMILES string of the molecule is CC(C)Cn1c(CCC(N)=O)nnc1SC(C)c1ccc(F)cc1. The average molecular weight is 350 g/mol. The van der Waals surface area contributed by atoms with Crippen LogP contribution >= 0.6 is 11.8 Å². The number of nitrogens with two attached hydrogens (primary N) is 1. The molecule has 0 aliphatic carbocycles. The van der Waals surface area contributed by atoms with Gasteiger partial charge in [0, 0.05) is 24.6 Å². The molecule has 0 aliphatic heterocycles. The van der Waals surface area contributed by atoms with Crippen molar-refractivity contribution >= 4 is 17.7 Å². The third kappa shape index (κ3) is 5.06. The van der Waals surface area contributed by atoms with Crippen LogP contribution in [0.2, 0.25) is 0 Å². The van der Waals surface area contributed by atoms with E-state index in [2.05, 4.69) is 35.5 Å². The van der Waals surface area contributed by atoms with Crippen LogP contribution < -0.4 is 5.73 Å². The average Bonchev–Trinajstić information content (AvgIpc) is 2.87. The van der Waals surface area contributed by atoms with E-state index in [9.17, 15) is 9.18 Å². The first kappa shape index (κ1) is 18.4. The Hall–Kier alpha value is -1.89. The monoisotopic (exact) mass is 350 g/mol. The van der Waals surface area contributed by atoms with Crippen LogP contribution in [-0.4, -0.2) is 20.7 Å². The summed E-state index contributed by atoms with van der Waals surface area (Å²) in [6.45, 7) is 7.07. The van der Waals surface area contributed by atoms with Crippen LogP contribution in [0, 0.1) is 11.7 Å². The number of aryl methyl sites for hydroxylation is 1. The number of rotatable bonds is 8. The molecule has 2 N–H and O–H groups in total. The number of aromatic nitrogens is 3. The van der Waals surface area contributed by atoms with Crippen molar-refractivity contribution in [3.05, 3.63) is 41.5 Å². The Bertz CT molecular complexity index is 684. The molecule has 0 fully saturated rings. The van der Waals surface area contributed by atoms with E-state index >= 15 is 0 Å². The van der Waals surface area contributed by atoms with E-state index in [1.807, 2.05) is 0 Å². The molecule has 1 atom stereocenters. The Kier molecular flexibility index (Phi) is 6.36. The highest BCUT2D eigenvalue weighted by molar-refractivity contribution is 7.99. The van der Waals surface area contributed by atoms with Gasteiger partial charge in [0.1, 0.15) is 11.6 Å². The van der Waals surface area contributed by atoms with Gasteiger partial charge >= 0.3 is 0 Å². The smallest absolute Gasteiger partial charge is 0.217 e. The zero-order valence-corrected chi connectivity index (χ0v) is 15.0. The van der Waals surface area contributed by atoms with Crippen LogP contribution in [0.15, 0.2) is 29.4 Å². The zero-order chi connectivity index (χ0) is 17.7. The van der Waals surface area contributed by atoms with E-state index in [4.69, 9.17) is 5.73 Å². The van der Waals surface area contributed by atoms with E-state index in [1.54, 1.807) is 23.9 Å². The number of nitrogens with zero attached hydrogens (tertiary/aromatic N) is 3. The lowest BCUT2D eigenvalue weighted by molar-refractivity contribution is -0.118. The van der Waals surface area contributed by atoms with Crippen molar-refractivity contribution < 1.29 is 9.18 Å². The molecular formula is C17H23FN4OS. The van der Waals surface area contributed by atoms with Crippen LogP contribution in [0.4, 0.5) is 4.39 Å². The molecule has 0 saturated carbocycles. The largest absolute Gasteiger partial charge is 0.370 e. The lowest BCUT2D eigenvalue weighted by Gasteiger charge is -2.15. The van der Waals surface area contributed by atoms with Crippen LogP contribution in [0.25, 0.3) is 0 Å². The lowest BCUT2D eigenvalue weighted by Crippen LogP contribution is -2.15. The number of carbonyl (C=O) groups excluding carboxylic acids is 1. The first-order chi connectivity index (χ1) is 11.4. The van der Waals surface area contributed by atoms with E-state index in [0.717, 1.165) is 23.1 Å². The molecule has 130 valence electrons. The van der Waals surface area contributed by atoms with Gasteiger partial charge in [0.15, 0.2) is 5.16 Å². The van der Waals surface area contributed by atoms with Gasteiger partial charge < -0.3 is 10.3 Å². The summed E-state index contributed by atoms with van der Waals surface area (Å²) < 4.78 is 15.1. The maximum Gasteiger partial charge on any atom is 0.217 e. The Morgan fingerprint density at radius 2 is 1.92 bits per heavy atom. The maximum absolute atomic E-state index is 13.1. The van der Waals surface area contributed by atoms with Crippen molar-refractivity contribution in [1.29, 1.82) is 0 Å². The Balaban J connectivity index is 2.18. The molecule has 2 aromatic rings. The van der Waals surface area contributed by atoms with Gasteiger partial charge in [0.05, 0.1) is 0 Å². The summed E-state index contributed by atoms with van der Waals surface area (Å²) in [4.78, 5) is 11.0. The van der Waals surface area contributed by atoms with Crippen molar-refractivity contribution in [2.45, 2.75) is 50.6 Å². The van der Waals surface area contributed by atoms with Crippen molar-refractivity contribution in [3.8, 4) is 0 Å². The predicted octanol–water partition coefficient (Wildman–Crippen LogP) is 3.34. The van der Waals surface area contributed by atoms with Crippen LogP contribution in [0.3, 0.4) is 0 Å². The molecule has 1 aromatic heterocycles. The maximum atomic E-state index is 13.1. The fraction of sp³-hybridized carbons (Fsp3) is 0.471. The molecule has 0 saturated heterocycles. The lowest BCUT2D eigenvalue weighted by atomic mass is 10.2. The standard InChI is InChI=1S/C17H23FN4OS/c1-11(2)10-22-16(9-8-15(19)23)20-21-17(22)24-12(3)13-4-6-14(18)7-5-13/h4-7,11-12H,8-10H2,1-3H3,(H2,19,23). The van der Waals surface area contributed by atoms with Gasteiger partial charge in [0.25, 0.3) is 0 Å². The third-order valence-corrected chi connectivity index (χ3v) is 4.70. The molecular weight excluding hydrogens is 327 g/mol. The summed E-state index contributed by atoms with van der Waals surface area (Å²) in [7, 11) is 0. The molecule has 2 rings (SSSR count). The Morgan fingerprint density at radius 1 is 1.25 bits per heavy atom. The summed E-state index contributed by atoms with van der Waals surface area (Å²) in [5, 5.41) is 9.43. The second kappa shape index (κ2) is 8.28. The molecule has 0 aliphatic rings. The highest BCUT2D eigenvalue weighted by atomic mass is 32.2. The molecule has 1 aromatic carbocycles. The molecule has 1 heterocycles. The first-order valence-corrected chi connectivity index (χ1v) is 8.87. The number of primary amides is 1.